The van der Waals surface area contributed by atoms with E-state index in [1.807, 2.05) is 58.8 Å². The van der Waals surface area contributed by atoms with Crippen molar-refractivity contribution in [3.05, 3.63) is 30.1 Å². The van der Waals surface area contributed by atoms with Gasteiger partial charge in [-0.2, -0.15) is 0 Å². The molecule has 0 spiro atoms. The highest BCUT2D eigenvalue weighted by Crippen LogP contribution is 2.44. The first-order chi connectivity index (χ1) is 25.4. The highest BCUT2D eigenvalue weighted by atomic mass is 16.7. The van der Waals surface area contributed by atoms with Crippen molar-refractivity contribution in [1.29, 1.82) is 0 Å². The van der Waals surface area contributed by atoms with Crippen LogP contribution in [-0.2, 0) is 44.6 Å². The van der Waals surface area contributed by atoms with Crippen molar-refractivity contribution in [1.82, 2.24) is 19.7 Å². The van der Waals surface area contributed by atoms with Crippen LogP contribution in [0.25, 0.3) is 0 Å². The fraction of sp³-hybridized carbons (Fsp3) is 0.775. The van der Waals surface area contributed by atoms with Crippen molar-refractivity contribution in [2.75, 3.05) is 34.3 Å². The van der Waals surface area contributed by atoms with Crippen molar-refractivity contribution in [2.24, 2.45) is 23.7 Å². The minimum absolute atomic E-state index is 0.134. The molecule has 4 fully saturated rings. The molecule has 14 nitrogen and oxygen atoms in total. The highest BCUT2D eigenvalue weighted by molar-refractivity contribution is 6.00. The molecule has 0 radical (unpaired) electrons. The largest absolute Gasteiger partial charge is 0.458 e. The molecule has 54 heavy (non-hydrogen) atoms. The van der Waals surface area contributed by atoms with Crippen molar-refractivity contribution < 1.29 is 48.0 Å². The van der Waals surface area contributed by atoms with Gasteiger partial charge in [0.15, 0.2) is 17.7 Å². The summed E-state index contributed by atoms with van der Waals surface area (Å²) in [5, 5.41) is 11.4. The van der Waals surface area contributed by atoms with Crippen LogP contribution in [0.3, 0.4) is 0 Å². The van der Waals surface area contributed by atoms with Crippen molar-refractivity contribution >= 4 is 23.6 Å². The number of nitrogens with zero attached hydrogens (tertiary/aromatic N) is 4. The summed E-state index contributed by atoms with van der Waals surface area (Å²) in [5.41, 5.74) is -1.54. The maximum Gasteiger partial charge on any atom is 0.411 e. The van der Waals surface area contributed by atoms with Gasteiger partial charge in [0.25, 0.3) is 0 Å². The summed E-state index contributed by atoms with van der Waals surface area (Å²) in [4.78, 5) is 66.8. The zero-order chi connectivity index (χ0) is 39.9. The quantitative estimate of drug-likeness (QED) is 0.304. The topological polar surface area (TPSA) is 157 Å². The molecule has 5 heterocycles. The van der Waals surface area contributed by atoms with Gasteiger partial charge in [-0.25, -0.2) is 4.79 Å². The molecule has 302 valence electrons. The number of likely N-dealkylation sites (tertiary alicyclic amines) is 1. The standard InChI is InChI=1S/C40H62N4O10/c1-12-30-40(8)34(44(38(49)54-40)28-20-43(21-28)19-27-13-15-41-16-14-27)24(4)31(45)22(2)18-39(7,50-11)35(25(5)32(46)26(6)36(48)52-30)53-37-33(47)29(42(9)10)17-23(3)51-37/h13-16,22-26,28-30,33-35,37,47H,12,17-21H2,1-11H3/t22-,23-,24+,25+,26-,29+,30-,33-,34-,35-,37+,39-,40-/m1/s1. The zero-order valence-electron chi connectivity index (χ0n) is 33.9. The predicted octanol–water partition coefficient (Wildman–Crippen LogP) is 3.47. The Bertz CT molecular complexity index is 1510. The van der Waals surface area contributed by atoms with Crippen LogP contribution in [0, 0.1) is 23.7 Å². The molecular formula is C40H62N4O10. The average molecular weight is 759 g/mol. The van der Waals surface area contributed by atoms with E-state index >= 15 is 0 Å². The van der Waals surface area contributed by atoms with E-state index in [2.05, 4.69) is 9.88 Å². The van der Waals surface area contributed by atoms with Crippen molar-refractivity contribution in [3.8, 4) is 0 Å². The van der Waals surface area contributed by atoms with E-state index in [4.69, 9.17) is 23.7 Å². The lowest BCUT2D eigenvalue weighted by Crippen LogP contribution is -2.65. The minimum atomic E-state index is -1.38. The molecule has 5 rings (SSSR count). The lowest BCUT2D eigenvalue weighted by Gasteiger charge is -2.48. The normalized spacial score (nSPS) is 40.5. The Morgan fingerprint density at radius 3 is 2.24 bits per heavy atom. The number of rotatable bonds is 8. The maximum absolute atomic E-state index is 14.7. The fourth-order valence-electron chi connectivity index (χ4n) is 9.38. The Kier molecular flexibility index (Phi) is 13.0. The molecule has 1 N–H and O–H groups in total. The van der Waals surface area contributed by atoms with Gasteiger partial charge >= 0.3 is 12.1 Å². The minimum Gasteiger partial charge on any atom is -0.458 e. The van der Waals surface area contributed by atoms with Crippen LogP contribution in [-0.4, -0.2) is 143 Å². The smallest absolute Gasteiger partial charge is 0.411 e. The van der Waals surface area contributed by atoms with Crippen LogP contribution in [0.2, 0.25) is 0 Å². The number of cyclic esters (lactones) is 1. The molecule has 13 atom stereocenters. The van der Waals surface area contributed by atoms with E-state index in [-0.39, 0.29) is 36.8 Å². The van der Waals surface area contributed by atoms with Crippen molar-refractivity contribution in [3.63, 3.8) is 0 Å². The van der Waals surface area contributed by atoms with Gasteiger partial charge in [-0.3, -0.25) is 29.2 Å². The number of aliphatic hydroxyl groups is 1. The first-order valence-electron chi connectivity index (χ1n) is 19.5. The third-order valence-electron chi connectivity index (χ3n) is 12.6. The molecule has 4 aliphatic heterocycles. The Labute approximate surface area is 320 Å². The second kappa shape index (κ2) is 16.6. The van der Waals surface area contributed by atoms with E-state index in [1.165, 1.54) is 14.0 Å². The number of likely N-dealkylation sites (N-methyl/N-ethyl adjacent to an activating group) is 1. The summed E-state index contributed by atoms with van der Waals surface area (Å²) in [6.07, 6.45) is -0.456. The predicted molar refractivity (Wildman–Crippen MR) is 198 cm³/mol. The van der Waals surface area contributed by atoms with Gasteiger partial charge in [0.1, 0.15) is 23.9 Å². The summed E-state index contributed by atoms with van der Waals surface area (Å²) in [5.74, 6) is -4.87. The number of Topliss-reactive ketones (excluding diaryl/α,β-unsaturated/α-hetero) is 2. The molecule has 14 heteroatoms. The molecule has 4 aliphatic rings. The van der Waals surface area contributed by atoms with Crippen LogP contribution in [0.4, 0.5) is 4.79 Å². The molecule has 0 bridgehead atoms. The number of carbonyl (C=O) groups excluding carboxylic acids is 4. The number of hydrogen-bond donors (Lipinski definition) is 1. The average Bonchev–Trinajstić information content (AvgIpc) is 3.39. The van der Waals surface area contributed by atoms with Gasteiger partial charge < -0.3 is 33.7 Å². The first kappa shape index (κ1) is 42.1. The second-order valence-corrected chi connectivity index (χ2v) is 16.8. The number of hydrogen-bond acceptors (Lipinski definition) is 13. The second-order valence-electron chi connectivity index (χ2n) is 16.8. The third kappa shape index (κ3) is 8.10. The van der Waals surface area contributed by atoms with E-state index in [0.29, 0.717) is 26.1 Å². The summed E-state index contributed by atoms with van der Waals surface area (Å²) in [7, 11) is 5.25. The summed E-state index contributed by atoms with van der Waals surface area (Å²) < 4.78 is 31.2. The number of esters is 1. The van der Waals surface area contributed by atoms with Crippen LogP contribution >= 0.6 is 0 Å². The zero-order valence-corrected chi connectivity index (χ0v) is 33.9. The van der Waals surface area contributed by atoms with E-state index in [1.54, 1.807) is 38.1 Å². The number of carbonyl (C=O) groups is 4. The summed E-state index contributed by atoms with van der Waals surface area (Å²) in [6, 6.07) is 2.63. The molecule has 1 aromatic rings. The monoisotopic (exact) mass is 758 g/mol. The Morgan fingerprint density at radius 1 is 1.00 bits per heavy atom. The molecular weight excluding hydrogens is 696 g/mol. The molecule has 0 aromatic carbocycles. The number of methoxy groups -OCH3 is 1. The van der Waals surface area contributed by atoms with E-state index < -0.39 is 83.4 Å². The Balaban J connectivity index is 1.50. The summed E-state index contributed by atoms with van der Waals surface area (Å²) >= 11 is 0. The number of ether oxygens (including phenoxy) is 5. The lowest BCUT2D eigenvalue weighted by atomic mass is 9.73. The molecule has 0 saturated carbocycles. The van der Waals surface area contributed by atoms with Gasteiger partial charge in [0.2, 0.25) is 0 Å². The van der Waals surface area contributed by atoms with Crippen LogP contribution in [0.1, 0.15) is 80.2 Å². The van der Waals surface area contributed by atoms with Crippen molar-refractivity contribution in [2.45, 2.75) is 141 Å². The Morgan fingerprint density at radius 2 is 1.65 bits per heavy atom. The number of aromatic nitrogens is 1. The van der Waals surface area contributed by atoms with Gasteiger partial charge in [-0.1, -0.05) is 27.7 Å². The maximum atomic E-state index is 14.7. The number of amides is 1. The van der Waals surface area contributed by atoms with Gasteiger partial charge in [0.05, 0.1) is 29.9 Å². The van der Waals surface area contributed by atoms with Gasteiger partial charge in [-0.05, 0) is 78.7 Å². The van der Waals surface area contributed by atoms with Gasteiger partial charge in [-0.15, -0.1) is 0 Å². The lowest BCUT2D eigenvalue weighted by molar-refractivity contribution is -0.295. The summed E-state index contributed by atoms with van der Waals surface area (Å²) in [6.45, 7) is 15.9. The van der Waals surface area contributed by atoms with Gasteiger partial charge in [0, 0.05) is 62.9 Å². The van der Waals surface area contributed by atoms with E-state index in [0.717, 1.165) is 5.56 Å². The molecule has 1 aromatic heterocycles. The van der Waals surface area contributed by atoms with Crippen LogP contribution in [0.5, 0.6) is 0 Å². The Hall–Kier alpha value is -3.01. The fourth-order valence-corrected chi connectivity index (χ4v) is 9.38. The van der Waals surface area contributed by atoms with E-state index in [9.17, 15) is 24.3 Å². The molecule has 0 aliphatic carbocycles. The van der Waals surface area contributed by atoms with Crippen LogP contribution in [0.15, 0.2) is 24.5 Å². The molecule has 1 amide bonds. The number of ketones is 2. The first-order valence-corrected chi connectivity index (χ1v) is 19.5. The number of aliphatic hydroxyl groups excluding tert-OH is 1. The molecule has 4 saturated heterocycles. The highest BCUT2D eigenvalue weighted by Gasteiger charge is 2.62. The molecule has 0 unspecified atom stereocenters. The van der Waals surface area contributed by atoms with Crippen LogP contribution < -0.4 is 0 Å². The third-order valence-corrected chi connectivity index (χ3v) is 12.6. The number of fused-ring (bicyclic) bond motifs is 1. The number of pyridine rings is 1. The SMILES string of the molecule is CC[C@H]1OC(=O)[C@H](C)C(=O)[C@H](C)[C@@H](O[C@@H]2O[C@H](C)C[C@H](N(C)C)[C@H]2O)[C@](C)(OC)C[C@@H](C)C(=O)[C@H](C)[C@H]2N(C3CN(Cc4ccncc4)C3)C(=O)O[C@]12C.